The molecule has 0 atom stereocenters. The van der Waals surface area contributed by atoms with Crippen molar-refractivity contribution in [3.8, 4) is 5.69 Å². The quantitative estimate of drug-likeness (QED) is 0.695. The fourth-order valence-electron chi connectivity index (χ4n) is 2.10. The Bertz CT molecular complexity index is 882. The molecule has 0 aliphatic heterocycles. The van der Waals surface area contributed by atoms with E-state index < -0.39 is 28.8 Å². The number of nitrogens with zero attached hydrogens (tertiary/aromatic N) is 1. The summed E-state index contributed by atoms with van der Waals surface area (Å²) in [5.74, 6) is -0.981. The van der Waals surface area contributed by atoms with E-state index in [0.717, 1.165) is 16.3 Å². The summed E-state index contributed by atoms with van der Waals surface area (Å²) in [5.41, 5.74) is -0.781. The van der Waals surface area contributed by atoms with Gasteiger partial charge in [-0.1, -0.05) is 12.1 Å². The Morgan fingerprint density at radius 2 is 1.92 bits per heavy atom. The zero-order chi connectivity index (χ0) is 18.4. The van der Waals surface area contributed by atoms with E-state index in [1.54, 1.807) is 31.2 Å². The lowest BCUT2D eigenvalue weighted by molar-refractivity contribution is 0.0922. The number of ether oxygens (including phenoxy) is 1. The molecule has 1 aromatic carbocycles. The van der Waals surface area contributed by atoms with Crippen molar-refractivity contribution in [2.45, 2.75) is 13.3 Å². The van der Waals surface area contributed by atoms with Gasteiger partial charge in [-0.15, -0.1) is 0 Å². The summed E-state index contributed by atoms with van der Waals surface area (Å²) in [4.78, 5) is 49.2. The number of imide groups is 1. The van der Waals surface area contributed by atoms with Crippen molar-refractivity contribution < 1.29 is 19.4 Å². The molecule has 0 aliphatic carbocycles. The van der Waals surface area contributed by atoms with E-state index in [0.29, 0.717) is 12.1 Å². The van der Waals surface area contributed by atoms with E-state index in [1.807, 2.05) is 10.3 Å². The van der Waals surface area contributed by atoms with Crippen LogP contribution in [0.3, 0.4) is 0 Å². The van der Waals surface area contributed by atoms with Gasteiger partial charge in [-0.25, -0.2) is 9.59 Å². The smallest absolute Gasteiger partial charge is 0.414 e. The maximum atomic E-state index is 12.0. The largest absolute Gasteiger partial charge is 0.450 e. The number of carbonyl (C=O) groups excluding carboxylic acids is 2. The van der Waals surface area contributed by atoms with Gasteiger partial charge in [0.1, 0.15) is 5.56 Å². The van der Waals surface area contributed by atoms with Crippen LogP contribution in [0.25, 0.3) is 5.69 Å². The molecule has 2 rings (SSSR count). The number of rotatable bonds is 5. The number of aliphatic hydroxyl groups is 1. The number of alkyl carbamates (subject to hydrolysis) is 1. The third kappa shape index (κ3) is 4.42. The van der Waals surface area contributed by atoms with E-state index in [9.17, 15) is 19.2 Å². The number of carbonyl (C=O) groups is 2. The van der Waals surface area contributed by atoms with Crippen LogP contribution >= 0.6 is 0 Å². The Morgan fingerprint density at radius 3 is 2.52 bits per heavy atom. The molecule has 3 N–H and O–H groups in total. The Labute approximate surface area is 141 Å². The molecule has 9 heteroatoms. The summed E-state index contributed by atoms with van der Waals surface area (Å²) in [5, 5.41) is 10.8. The predicted molar refractivity (Wildman–Crippen MR) is 87.9 cm³/mol. The van der Waals surface area contributed by atoms with Gasteiger partial charge in [0.05, 0.1) is 12.3 Å². The molecule has 0 spiro atoms. The van der Waals surface area contributed by atoms with Gasteiger partial charge in [-0.05, 0) is 31.0 Å². The molecule has 2 aromatic rings. The van der Waals surface area contributed by atoms with Crippen LogP contribution in [0, 0.1) is 0 Å². The van der Waals surface area contributed by atoms with E-state index in [1.165, 1.54) is 0 Å². The Hall–Kier alpha value is -3.20. The average molecular weight is 347 g/mol. The average Bonchev–Trinajstić information content (AvgIpc) is 2.56. The molecule has 1 aromatic heterocycles. The molecule has 0 aliphatic rings. The molecule has 1 heterocycles. The van der Waals surface area contributed by atoms with Crippen molar-refractivity contribution in [3.05, 3.63) is 62.4 Å². The van der Waals surface area contributed by atoms with Gasteiger partial charge >= 0.3 is 11.8 Å². The summed E-state index contributed by atoms with van der Waals surface area (Å²) in [6.07, 6.45) is 0.531. The lowest BCUT2D eigenvalue weighted by Crippen LogP contribution is -2.38. The zero-order valence-corrected chi connectivity index (χ0v) is 13.4. The highest BCUT2D eigenvalue weighted by atomic mass is 16.5. The molecule has 2 amide bonds. The Balaban J connectivity index is 2.37. The summed E-state index contributed by atoms with van der Waals surface area (Å²) in [6, 6.07) is 6.64. The first kappa shape index (κ1) is 18.1. The molecule has 0 bridgehead atoms. The predicted octanol–water partition coefficient (Wildman–Crippen LogP) is -0.0531. The molecule has 0 radical (unpaired) electrons. The van der Waals surface area contributed by atoms with Gasteiger partial charge in [0.2, 0.25) is 0 Å². The van der Waals surface area contributed by atoms with E-state index in [2.05, 4.69) is 4.74 Å². The van der Waals surface area contributed by atoms with E-state index in [-0.39, 0.29) is 13.2 Å². The summed E-state index contributed by atoms with van der Waals surface area (Å²) in [6.45, 7) is 1.63. The van der Waals surface area contributed by atoms with Gasteiger partial charge in [0.15, 0.2) is 0 Å². The normalized spacial score (nSPS) is 10.3. The second-order valence-electron chi connectivity index (χ2n) is 4.99. The van der Waals surface area contributed by atoms with Crippen molar-refractivity contribution in [3.63, 3.8) is 0 Å². The molecular formula is C16H17N3O6. The van der Waals surface area contributed by atoms with Crippen LogP contribution in [0.4, 0.5) is 4.79 Å². The van der Waals surface area contributed by atoms with E-state index in [4.69, 9.17) is 5.11 Å². The summed E-state index contributed by atoms with van der Waals surface area (Å²) >= 11 is 0. The monoisotopic (exact) mass is 347 g/mol. The number of amides is 2. The Kier molecular flexibility index (Phi) is 5.85. The number of benzene rings is 1. The van der Waals surface area contributed by atoms with Crippen molar-refractivity contribution in [1.29, 1.82) is 0 Å². The standard InChI is InChI=1S/C16H17N3O6/c1-2-25-16(24)18-14(22)12-9-19(15(23)17-13(12)21)11-5-3-10(4-6-11)7-8-20/h3-6,9,20H,2,7-8H2,1H3,(H,17,21,23)(H,18,22,24). The van der Waals surface area contributed by atoms with Gasteiger partial charge in [0.25, 0.3) is 11.5 Å². The van der Waals surface area contributed by atoms with Crippen molar-refractivity contribution >= 4 is 12.0 Å². The van der Waals surface area contributed by atoms with Crippen molar-refractivity contribution in [2.75, 3.05) is 13.2 Å². The Morgan fingerprint density at radius 1 is 1.24 bits per heavy atom. The first-order chi connectivity index (χ1) is 12.0. The third-order valence-corrected chi connectivity index (χ3v) is 3.29. The van der Waals surface area contributed by atoms with Crippen LogP contribution in [0.1, 0.15) is 22.8 Å². The van der Waals surface area contributed by atoms with Crippen LogP contribution in [-0.2, 0) is 11.2 Å². The SMILES string of the molecule is CCOC(=O)NC(=O)c1cn(-c2ccc(CCO)cc2)c(=O)[nH]c1=O. The van der Waals surface area contributed by atoms with Crippen molar-refractivity contribution in [1.82, 2.24) is 14.9 Å². The molecular weight excluding hydrogens is 330 g/mol. The molecule has 0 saturated heterocycles. The van der Waals surface area contributed by atoms with Crippen LogP contribution in [0.5, 0.6) is 0 Å². The number of hydrogen-bond acceptors (Lipinski definition) is 6. The number of aromatic amines is 1. The van der Waals surface area contributed by atoms with Crippen molar-refractivity contribution in [2.24, 2.45) is 0 Å². The van der Waals surface area contributed by atoms with Crippen LogP contribution in [0.2, 0.25) is 0 Å². The number of H-pyrrole nitrogens is 1. The highest BCUT2D eigenvalue weighted by Crippen LogP contribution is 2.08. The molecule has 25 heavy (non-hydrogen) atoms. The minimum Gasteiger partial charge on any atom is -0.450 e. The molecule has 0 saturated carbocycles. The maximum Gasteiger partial charge on any atom is 0.414 e. The molecule has 9 nitrogen and oxygen atoms in total. The number of aromatic nitrogens is 2. The molecule has 132 valence electrons. The molecule has 0 unspecified atom stereocenters. The maximum absolute atomic E-state index is 12.0. The summed E-state index contributed by atoms with van der Waals surface area (Å²) < 4.78 is 5.65. The van der Waals surface area contributed by atoms with Crippen LogP contribution in [0.15, 0.2) is 40.1 Å². The minimum absolute atomic E-state index is 0.00384. The van der Waals surface area contributed by atoms with Gasteiger partial charge < -0.3 is 9.84 Å². The van der Waals surface area contributed by atoms with E-state index >= 15 is 0 Å². The first-order valence-corrected chi connectivity index (χ1v) is 7.50. The second kappa shape index (κ2) is 8.06. The minimum atomic E-state index is -0.988. The van der Waals surface area contributed by atoms with Crippen LogP contribution in [-0.4, -0.2) is 39.9 Å². The molecule has 0 fully saturated rings. The topological polar surface area (TPSA) is 130 Å². The second-order valence-corrected chi connectivity index (χ2v) is 4.99. The first-order valence-electron chi connectivity index (χ1n) is 7.50. The number of nitrogens with one attached hydrogen (secondary N) is 2. The highest BCUT2D eigenvalue weighted by molar-refractivity contribution is 6.02. The van der Waals surface area contributed by atoms with Crippen LogP contribution < -0.4 is 16.6 Å². The van der Waals surface area contributed by atoms with Gasteiger partial charge in [-0.2, -0.15) is 0 Å². The fourth-order valence-corrected chi connectivity index (χ4v) is 2.10. The number of hydrogen-bond donors (Lipinski definition) is 3. The fraction of sp³-hybridized carbons (Fsp3) is 0.250. The third-order valence-electron chi connectivity index (χ3n) is 3.29. The number of aliphatic hydroxyl groups excluding tert-OH is 1. The lowest BCUT2D eigenvalue weighted by Gasteiger charge is -2.08. The lowest BCUT2D eigenvalue weighted by atomic mass is 10.1. The summed E-state index contributed by atoms with van der Waals surface area (Å²) in [7, 11) is 0. The zero-order valence-electron chi connectivity index (χ0n) is 13.4. The van der Waals surface area contributed by atoms with Gasteiger partial charge in [-0.3, -0.25) is 24.5 Å². The van der Waals surface area contributed by atoms with Gasteiger partial charge in [0, 0.05) is 12.8 Å². The highest BCUT2D eigenvalue weighted by Gasteiger charge is 2.17.